The zero-order valence-corrected chi connectivity index (χ0v) is 19.6. The maximum atomic E-state index is 5.06. The summed E-state index contributed by atoms with van der Waals surface area (Å²) in [5.41, 5.74) is 7.69. The van der Waals surface area contributed by atoms with Crippen LogP contribution in [0.3, 0.4) is 0 Å². The number of hydrogen-bond acceptors (Lipinski definition) is 4. The number of benzene rings is 2. The molecule has 5 heteroatoms. The van der Waals surface area contributed by atoms with E-state index in [4.69, 9.17) is 5.10 Å². The van der Waals surface area contributed by atoms with E-state index in [2.05, 4.69) is 96.5 Å². The summed E-state index contributed by atoms with van der Waals surface area (Å²) in [6.45, 7) is 7.01. The third-order valence-corrected chi connectivity index (χ3v) is 6.90. The standard InChI is InChI=1S/C28H31N5/c1-21-8-7-17-28(2,3)26(21)16-13-23-18-27(33(31-23)25-9-5-4-6-10-25)22-11-14-24(15-12-22)32-20-29-19-30-32/h4-6,9-16,19-20,27H,7-8,17-18H2,1-3H3/b16-13+. The van der Waals surface area contributed by atoms with Crippen LogP contribution in [0.5, 0.6) is 0 Å². The van der Waals surface area contributed by atoms with Gasteiger partial charge in [0.05, 0.1) is 23.1 Å². The first kappa shape index (κ1) is 21.4. The fraction of sp³-hybridized carbons (Fsp3) is 0.321. The summed E-state index contributed by atoms with van der Waals surface area (Å²) < 4.78 is 1.78. The minimum Gasteiger partial charge on any atom is -0.257 e. The second-order valence-electron chi connectivity index (χ2n) is 9.69. The zero-order chi connectivity index (χ0) is 22.8. The number of rotatable bonds is 5. The van der Waals surface area contributed by atoms with E-state index in [1.807, 2.05) is 6.07 Å². The third-order valence-electron chi connectivity index (χ3n) is 6.90. The van der Waals surface area contributed by atoms with Crippen LogP contribution in [0.4, 0.5) is 5.69 Å². The van der Waals surface area contributed by atoms with Gasteiger partial charge >= 0.3 is 0 Å². The summed E-state index contributed by atoms with van der Waals surface area (Å²) in [6.07, 6.45) is 12.4. The molecule has 1 aliphatic heterocycles. The molecule has 1 aliphatic carbocycles. The highest BCUT2D eigenvalue weighted by Crippen LogP contribution is 2.41. The van der Waals surface area contributed by atoms with Crippen LogP contribution in [-0.4, -0.2) is 20.5 Å². The molecule has 5 rings (SSSR count). The number of hydrogen-bond donors (Lipinski definition) is 0. The highest BCUT2D eigenvalue weighted by molar-refractivity contribution is 5.98. The highest BCUT2D eigenvalue weighted by Gasteiger charge is 2.30. The van der Waals surface area contributed by atoms with Gasteiger partial charge in [0.1, 0.15) is 12.7 Å². The largest absolute Gasteiger partial charge is 0.257 e. The maximum absolute atomic E-state index is 5.06. The molecule has 1 atom stereocenters. The van der Waals surface area contributed by atoms with Crippen LogP contribution in [0.2, 0.25) is 0 Å². The molecule has 33 heavy (non-hydrogen) atoms. The minimum absolute atomic E-state index is 0.159. The molecule has 0 saturated carbocycles. The van der Waals surface area contributed by atoms with Gasteiger partial charge in [-0.25, -0.2) is 9.67 Å². The van der Waals surface area contributed by atoms with Crippen LogP contribution in [0.25, 0.3) is 5.69 Å². The van der Waals surface area contributed by atoms with Crippen molar-refractivity contribution < 1.29 is 0 Å². The molecule has 0 saturated heterocycles. The maximum Gasteiger partial charge on any atom is 0.138 e. The summed E-state index contributed by atoms with van der Waals surface area (Å²) in [5, 5.41) is 11.5. The van der Waals surface area contributed by atoms with Crippen LogP contribution in [0, 0.1) is 5.41 Å². The Morgan fingerprint density at radius 2 is 1.76 bits per heavy atom. The Hall–Kier alpha value is -3.47. The lowest BCUT2D eigenvalue weighted by Gasteiger charge is -2.32. The van der Waals surface area contributed by atoms with Gasteiger partial charge in [-0.2, -0.15) is 10.2 Å². The van der Waals surface area contributed by atoms with E-state index in [0.717, 1.165) is 23.5 Å². The van der Waals surface area contributed by atoms with Crippen molar-refractivity contribution in [2.24, 2.45) is 10.5 Å². The van der Waals surface area contributed by atoms with Crippen molar-refractivity contribution in [3.8, 4) is 5.69 Å². The molecule has 5 nitrogen and oxygen atoms in total. The molecule has 2 aromatic carbocycles. The third kappa shape index (κ3) is 4.40. The van der Waals surface area contributed by atoms with Gasteiger partial charge in [-0.15, -0.1) is 0 Å². The van der Waals surface area contributed by atoms with E-state index in [1.54, 1.807) is 17.3 Å². The quantitative estimate of drug-likeness (QED) is 0.448. The van der Waals surface area contributed by atoms with Crippen molar-refractivity contribution >= 4 is 11.4 Å². The summed E-state index contributed by atoms with van der Waals surface area (Å²) in [5.74, 6) is 0. The lowest BCUT2D eigenvalue weighted by atomic mass is 9.72. The van der Waals surface area contributed by atoms with Crippen molar-refractivity contribution in [1.29, 1.82) is 0 Å². The Kier molecular flexibility index (Phi) is 5.71. The minimum atomic E-state index is 0.159. The molecule has 1 unspecified atom stereocenters. The molecule has 0 bridgehead atoms. The van der Waals surface area contributed by atoms with Gasteiger partial charge < -0.3 is 0 Å². The Bertz CT molecular complexity index is 1180. The monoisotopic (exact) mass is 437 g/mol. The first-order valence-corrected chi connectivity index (χ1v) is 11.8. The topological polar surface area (TPSA) is 46.3 Å². The number of para-hydroxylation sites is 1. The second-order valence-corrected chi connectivity index (χ2v) is 9.69. The first-order valence-electron chi connectivity index (χ1n) is 11.8. The van der Waals surface area contributed by atoms with Crippen LogP contribution in [0.15, 0.2) is 95.7 Å². The highest BCUT2D eigenvalue weighted by atomic mass is 15.5. The molecule has 1 aromatic heterocycles. The van der Waals surface area contributed by atoms with Gasteiger partial charge in [0, 0.05) is 6.42 Å². The van der Waals surface area contributed by atoms with E-state index >= 15 is 0 Å². The first-order chi connectivity index (χ1) is 16.0. The number of aromatic nitrogens is 3. The molecule has 0 N–H and O–H groups in total. The Balaban J connectivity index is 1.44. The lowest BCUT2D eigenvalue weighted by molar-refractivity contribution is 0.377. The van der Waals surface area contributed by atoms with Crippen LogP contribution >= 0.6 is 0 Å². The zero-order valence-electron chi connectivity index (χ0n) is 19.6. The molecule has 3 aromatic rings. The van der Waals surface area contributed by atoms with Gasteiger partial charge in [0.15, 0.2) is 0 Å². The van der Waals surface area contributed by atoms with Crippen molar-refractivity contribution in [2.75, 3.05) is 5.01 Å². The summed E-state index contributed by atoms with van der Waals surface area (Å²) in [4.78, 5) is 4.05. The lowest BCUT2D eigenvalue weighted by Crippen LogP contribution is -2.19. The summed E-state index contributed by atoms with van der Waals surface area (Å²) >= 11 is 0. The molecular weight excluding hydrogens is 406 g/mol. The second kappa shape index (κ2) is 8.81. The van der Waals surface area contributed by atoms with Crippen LogP contribution < -0.4 is 5.01 Å². The van der Waals surface area contributed by atoms with E-state index in [0.29, 0.717) is 0 Å². The SMILES string of the molecule is CC1=C(/C=C/C2=NN(c3ccccc3)C(c3ccc(-n4cncn4)cc3)C2)C(C)(C)CCC1. The van der Waals surface area contributed by atoms with E-state index in [9.17, 15) is 0 Å². The Labute approximate surface area is 196 Å². The van der Waals surface area contributed by atoms with Gasteiger partial charge in [-0.1, -0.05) is 55.8 Å². The van der Waals surface area contributed by atoms with E-state index < -0.39 is 0 Å². The van der Waals surface area contributed by atoms with Crippen molar-refractivity contribution in [3.05, 3.63) is 96.1 Å². The normalized spacial score (nSPS) is 20.5. The number of nitrogens with zero attached hydrogens (tertiary/aromatic N) is 5. The van der Waals surface area contributed by atoms with Crippen LogP contribution in [-0.2, 0) is 0 Å². The summed E-state index contributed by atoms with van der Waals surface area (Å²) in [6, 6.07) is 19.2. The predicted molar refractivity (Wildman–Crippen MR) is 135 cm³/mol. The van der Waals surface area contributed by atoms with Gasteiger partial charge in [-0.05, 0) is 73.1 Å². The fourth-order valence-corrected chi connectivity index (χ4v) is 5.09. The number of hydrazone groups is 1. The molecule has 0 fully saturated rings. The van der Waals surface area contributed by atoms with E-state index in [-0.39, 0.29) is 11.5 Å². The predicted octanol–water partition coefficient (Wildman–Crippen LogP) is 6.66. The number of anilines is 1. The van der Waals surface area contributed by atoms with Crippen LogP contribution in [0.1, 0.15) is 58.1 Å². The average molecular weight is 438 g/mol. The summed E-state index contributed by atoms with van der Waals surface area (Å²) in [7, 11) is 0. The molecule has 0 radical (unpaired) electrons. The number of allylic oxidation sites excluding steroid dienone is 4. The fourth-order valence-electron chi connectivity index (χ4n) is 5.09. The van der Waals surface area contributed by atoms with Crippen molar-refractivity contribution in [1.82, 2.24) is 14.8 Å². The average Bonchev–Trinajstić information content (AvgIpc) is 3.50. The van der Waals surface area contributed by atoms with Crippen molar-refractivity contribution in [2.45, 2.75) is 52.5 Å². The Morgan fingerprint density at radius 3 is 2.45 bits per heavy atom. The van der Waals surface area contributed by atoms with E-state index in [1.165, 1.54) is 36.0 Å². The van der Waals surface area contributed by atoms with Gasteiger partial charge in [0.25, 0.3) is 0 Å². The molecule has 0 spiro atoms. The molecule has 2 heterocycles. The molecule has 168 valence electrons. The Morgan fingerprint density at radius 1 is 0.970 bits per heavy atom. The molecular formula is C28H31N5. The molecule has 0 amide bonds. The smallest absolute Gasteiger partial charge is 0.138 e. The van der Waals surface area contributed by atoms with Gasteiger partial charge in [0.2, 0.25) is 0 Å². The van der Waals surface area contributed by atoms with Crippen molar-refractivity contribution in [3.63, 3.8) is 0 Å². The van der Waals surface area contributed by atoms with Gasteiger partial charge in [-0.3, -0.25) is 5.01 Å². The molecule has 2 aliphatic rings.